The van der Waals surface area contributed by atoms with Crippen LogP contribution in [0.2, 0.25) is 0 Å². The maximum absolute atomic E-state index is 4.47. The summed E-state index contributed by atoms with van der Waals surface area (Å²) in [5.41, 5.74) is 3.88. The first-order valence-electron chi connectivity index (χ1n) is 7.04. The molecule has 1 atom stereocenters. The lowest BCUT2D eigenvalue weighted by Gasteiger charge is -2.26. The summed E-state index contributed by atoms with van der Waals surface area (Å²) in [6.07, 6.45) is 9.01. The minimum absolute atomic E-state index is 0.341. The summed E-state index contributed by atoms with van der Waals surface area (Å²) in [6, 6.07) is 11.0. The number of fused-ring (bicyclic) bond motifs is 2. The number of benzene rings is 1. The normalized spacial score (nSPS) is 17.9. The molecule has 0 spiro atoms. The van der Waals surface area contributed by atoms with Gasteiger partial charge in [-0.3, -0.25) is 0 Å². The van der Waals surface area contributed by atoms with Gasteiger partial charge in [-0.15, -0.1) is 0 Å². The van der Waals surface area contributed by atoms with E-state index in [9.17, 15) is 0 Å². The predicted octanol–water partition coefficient (Wildman–Crippen LogP) is 3.22. The third-order valence-electron chi connectivity index (χ3n) is 4.00. The molecule has 20 heavy (non-hydrogen) atoms. The fourth-order valence-corrected chi connectivity index (χ4v) is 3.04. The van der Waals surface area contributed by atoms with Crippen molar-refractivity contribution in [3.8, 4) is 0 Å². The highest BCUT2D eigenvalue weighted by Gasteiger charge is 2.20. The third-order valence-corrected chi connectivity index (χ3v) is 4.00. The molecule has 4 nitrogen and oxygen atoms in total. The number of nitrogens with zero attached hydrogens (tertiary/aromatic N) is 3. The molecule has 1 aliphatic rings. The Kier molecular flexibility index (Phi) is 2.66. The summed E-state index contributed by atoms with van der Waals surface area (Å²) in [6.45, 7) is 0. The van der Waals surface area contributed by atoms with Crippen LogP contribution >= 0.6 is 0 Å². The van der Waals surface area contributed by atoms with Gasteiger partial charge in [0, 0.05) is 12.4 Å². The van der Waals surface area contributed by atoms with Crippen molar-refractivity contribution in [1.82, 2.24) is 14.6 Å². The maximum Gasteiger partial charge on any atom is 0.152 e. The van der Waals surface area contributed by atoms with E-state index in [4.69, 9.17) is 0 Å². The third kappa shape index (κ3) is 1.84. The van der Waals surface area contributed by atoms with Crippen molar-refractivity contribution in [3.63, 3.8) is 0 Å². The van der Waals surface area contributed by atoms with Crippen molar-refractivity contribution < 1.29 is 0 Å². The smallest absolute Gasteiger partial charge is 0.152 e. The van der Waals surface area contributed by atoms with Crippen LogP contribution in [0.5, 0.6) is 0 Å². The first kappa shape index (κ1) is 11.5. The van der Waals surface area contributed by atoms with Gasteiger partial charge >= 0.3 is 0 Å². The van der Waals surface area contributed by atoms with Crippen molar-refractivity contribution in [1.29, 1.82) is 0 Å². The molecule has 2 aromatic heterocycles. The molecule has 4 rings (SSSR count). The van der Waals surface area contributed by atoms with Gasteiger partial charge in [0.15, 0.2) is 5.82 Å². The Hall–Kier alpha value is -2.36. The molecule has 0 radical (unpaired) electrons. The second kappa shape index (κ2) is 4.63. The molecule has 0 saturated heterocycles. The van der Waals surface area contributed by atoms with E-state index in [1.54, 1.807) is 12.4 Å². The molecule has 0 amide bonds. The van der Waals surface area contributed by atoms with Crippen molar-refractivity contribution >= 4 is 11.3 Å². The topological polar surface area (TPSA) is 42.2 Å². The summed E-state index contributed by atoms with van der Waals surface area (Å²) in [4.78, 5) is 4.47. The van der Waals surface area contributed by atoms with Gasteiger partial charge in [-0.2, -0.15) is 5.10 Å². The second-order valence-electron chi connectivity index (χ2n) is 5.22. The van der Waals surface area contributed by atoms with Crippen molar-refractivity contribution in [3.05, 3.63) is 60.0 Å². The summed E-state index contributed by atoms with van der Waals surface area (Å²) >= 11 is 0. The van der Waals surface area contributed by atoms with E-state index in [1.807, 2.05) is 16.8 Å². The number of hydrogen-bond donors (Lipinski definition) is 1. The number of aromatic nitrogens is 3. The zero-order chi connectivity index (χ0) is 13.4. The number of aryl methyl sites for hydroxylation is 1. The van der Waals surface area contributed by atoms with E-state index in [1.165, 1.54) is 24.0 Å². The van der Waals surface area contributed by atoms with Crippen LogP contribution in [0.4, 0.5) is 5.82 Å². The van der Waals surface area contributed by atoms with Crippen molar-refractivity contribution in [2.24, 2.45) is 0 Å². The summed E-state index contributed by atoms with van der Waals surface area (Å²) in [5, 5.41) is 7.85. The minimum Gasteiger partial charge on any atom is -0.361 e. The molecule has 1 unspecified atom stereocenters. The first-order chi connectivity index (χ1) is 9.92. The molecule has 100 valence electrons. The molecule has 1 aliphatic carbocycles. The monoisotopic (exact) mass is 264 g/mol. The minimum atomic E-state index is 0.341. The number of anilines is 1. The SMILES string of the molecule is c1ccc2c(c1)CCCC2Nc1nccn2nccc12. The molecule has 3 aromatic rings. The van der Waals surface area contributed by atoms with Crippen LogP contribution in [0.3, 0.4) is 0 Å². The van der Waals surface area contributed by atoms with Gasteiger partial charge in [0.1, 0.15) is 5.52 Å². The predicted molar refractivity (Wildman–Crippen MR) is 78.7 cm³/mol. The highest BCUT2D eigenvalue weighted by molar-refractivity contribution is 5.67. The van der Waals surface area contributed by atoms with Gasteiger partial charge in [0.2, 0.25) is 0 Å². The molecular formula is C16H16N4. The Morgan fingerprint density at radius 2 is 2.10 bits per heavy atom. The van der Waals surface area contributed by atoms with E-state index < -0.39 is 0 Å². The Morgan fingerprint density at radius 1 is 1.15 bits per heavy atom. The lowest BCUT2D eigenvalue weighted by Crippen LogP contribution is -2.18. The molecule has 0 bridgehead atoms. The van der Waals surface area contributed by atoms with Gasteiger partial charge in [0.25, 0.3) is 0 Å². The fourth-order valence-electron chi connectivity index (χ4n) is 3.04. The van der Waals surface area contributed by atoms with Crippen LogP contribution in [0.15, 0.2) is 48.9 Å². The Morgan fingerprint density at radius 3 is 3.10 bits per heavy atom. The molecule has 0 aliphatic heterocycles. The average Bonchev–Trinajstić information content (AvgIpc) is 2.97. The van der Waals surface area contributed by atoms with Crippen LogP contribution in [-0.4, -0.2) is 14.6 Å². The Balaban J connectivity index is 1.72. The lowest BCUT2D eigenvalue weighted by atomic mass is 9.88. The Bertz CT molecular complexity index is 747. The molecular weight excluding hydrogens is 248 g/mol. The van der Waals surface area contributed by atoms with Gasteiger partial charge in [-0.25, -0.2) is 9.50 Å². The molecule has 1 aromatic carbocycles. The van der Waals surface area contributed by atoms with E-state index in [0.29, 0.717) is 6.04 Å². The van der Waals surface area contributed by atoms with Crippen LogP contribution in [0.1, 0.15) is 30.0 Å². The number of hydrogen-bond acceptors (Lipinski definition) is 3. The molecule has 2 heterocycles. The van der Waals surface area contributed by atoms with Crippen molar-refractivity contribution in [2.75, 3.05) is 5.32 Å². The summed E-state index contributed by atoms with van der Waals surface area (Å²) in [7, 11) is 0. The lowest BCUT2D eigenvalue weighted by molar-refractivity contribution is 0.599. The Labute approximate surface area is 117 Å². The van der Waals surface area contributed by atoms with Gasteiger partial charge in [-0.05, 0) is 36.5 Å². The zero-order valence-corrected chi connectivity index (χ0v) is 11.2. The average molecular weight is 264 g/mol. The van der Waals surface area contributed by atoms with Crippen LogP contribution in [0, 0.1) is 0 Å². The number of nitrogens with one attached hydrogen (secondary N) is 1. The van der Waals surface area contributed by atoms with E-state index >= 15 is 0 Å². The standard InChI is InChI=1S/C16H16N4/c1-2-6-13-12(4-1)5-3-7-14(13)19-16-15-8-9-18-20(15)11-10-17-16/h1-2,4,6,8-11,14H,3,5,7H2,(H,17,19). The van der Waals surface area contributed by atoms with Crippen LogP contribution in [0.25, 0.3) is 5.52 Å². The summed E-state index contributed by atoms with van der Waals surface area (Å²) in [5.74, 6) is 0.909. The number of rotatable bonds is 2. The van der Waals surface area contributed by atoms with E-state index in [2.05, 4.69) is 39.7 Å². The van der Waals surface area contributed by atoms with E-state index in [-0.39, 0.29) is 0 Å². The first-order valence-corrected chi connectivity index (χ1v) is 7.04. The van der Waals surface area contributed by atoms with Crippen LogP contribution in [-0.2, 0) is 6.42 Å². The molecule has 4 heteroatoms. The van der Waals surface area contributed by atoms with Crippen LogP contribution < -0.4 is 5.32 Å². The summed E-state index contributed by atoms with van der Waals surface area (Å²) < 4.78 is 1.85. The molecule has 1 N–H and O–H groups in total. The largest absolute Gasteiger partial charge is 0.361 e. The fraction of sp³-hybridized carbons (Fsp3) is 0.250. The van der Waals surface area contributed by atoms with Gasteiger partial charge in [0.05, 0.1) is 12.2 Å². The second-order valence-corrected chi connectivity index (χ2v) is 5.22. The molecule has 0 fully saturated rings. The quantitative estimate of drug-likeness (QED) is 0.772. The van der Waals surface area contributed by atoms with Gasteiger partial charge < -0.3 is 5.32 Å². The highest BCUT2D eigenvalue weighted by Crippen LogP contribution is 2.32. The van der Waals surface area contributed by atoms with Crippen molar-refractivity contribution in [2.45, 2.75) is 25.3 Å². The zero-order valence-electron chi connectivity index (χ0n) is 11.2. The van der Waals surface area contributed by atoms with E-state index in [0.717, 1.165) is 17.8 Å². The molecule has 0 saturated carbocycles. The van der Waals surface area contributed by atoms with Gasteiger partial charge in [-0.1, -0.05) is 24.3 Å². The highest BCUT2D eigenvalue weighted by atomic mass is 15.2. The maximum atomic E-state index is 4.47.